The van der Waals surface area contributed by atoms with E-state index in [1.807, 2.05) is 0 Å². The van der Waals surface area contributed by atoms with Gasteiger partial charge in [-0.1, -0.05) is 0 Å². The maximum absolute atomic E-state index is 13.6. The van der Waals surface area contributed by atoms with Gasteiger partial charge >= 0.3 is 5.97 Å². The van der Waals surface area contributed by atoms with E-state index >= 15 is 0 Å². The first-order chi connectivity index (χ1) is 19.9. The lowest BCUT2D eigenvalue weighted by Gasteiger charge is -2.25. The molecule has 0 unspecified atom stereocenters. The molecule has 41 heavy (non-hydrogen) atoms. The lowest BCUT2D eigenvalue weighted by molar-refractivity contribution is -0.135. The highest BCUT2D eigenvalue weighted by molar-refractivity contribution is 6.15. The van der Waals surface area contributed by atoms with Gasteiger partial charge in [-0.2, -0.15) is 0 Å². The summed E-state index contributed by atoms with van der Waals surface area (Å²) >= 11 is 0. The predicted octanol–water partition coefficient (Wildman–Crippen LogP) is 4.88. The van der Waals surface area contributed by atoms with Gasteiger partial charge in [0.2, 0.25) is 5.78 Å². The van der Waals surface area contributed by atoms with Crippen LogP contribution in [0.4, 0.5) is 0 Å². The molecule has 0 saturated carbocycles. The largest absolute Gasteiger partial charge is 0.497 e. The fourth-order valence-corrected chi connectivity index (χ4v) is 5.17. The molecule has 0 N–H and O–H groups in total. The van der Waals surface area contributed by atoms with Crippen LogP contribution < -0.4 is 33.8 Å². The van der Waals surface area contributed by atoms with Crippen molar-refractivity contribution in [3.05, 3.63) is 87.0 Å². The third-order valence-electron chi connectivity index (χ3n) is 7.18. The van der Waals surface area contributed by atoms with Crippen LogP contribution in [0.5, 0.6) is 34.5 Å². The Hall–Kier alpha value is -5.25. The summed E-state index contributed by atoms with van der Waals surface area (Å²) < 4.78 is 38.9. The van der Waals surface area contributed by atoms with Crippen LogP contribution in [-0.4, -0.2) is 40.2 Å². The summed E-state index contributed by atoms with van der Waals surface area (Å²) in [7, 11) is 6.01. The van der Waals surface area contributed by atoms with Gasteiger partial charge < -0.3 is 32.8 Å². The highest BCUT2D eigenvalue weighted by Crippen LogP contribution is 2.49. The van der Waals surface area contributed by atoms with Gasteiger partial charge in [-0.05, 0) is 42.5 Å². The van der Waals surface area contributed by atoms with Gasteiger partial charge in [0.25, 0.3) is 0 Å². The van der Waals surface area contributed by atoms with Gasteiger partial charge in [0.1, 0.15) is 28.6 Å². The van der Waals surface area contributed by atoms with Crippen LogP contribution in [0.15, 0.2) is 63.7 Å². The van der Waals surface area contributed by atoms with E-state index in [4.69, 9.17) is 32.8 Å². The number of hydrogen-bond acceptors (Lipinski definition) is 10. The van der Waals surface area contributed by atoms with Crippen LogP contribution in [0.1, 0.15) is 39.4 Å². The zero-order valence-electron chi connectivity index (χ0n) is 22.6. The molecule has 2 aliphatic heterocycles. The summed E-state index contributed by atoms with van der Waals surface area (Å²) in [5.41, 5.74) is 1.46. The Morgan fingerprint density at radius 3 is 2.32 bits per heavy atom. The van der Waals surface area contributed by atoms with Crippen molar-refractivity contribution in [3.8, 4) is 34.5 Å². The highest BCUT2D eigenvalue weighted by atomic mass is 16.5. The molecule has 0 saturated heterocycles. The minimum absolute atomic E-state index is 0.0184. The van der Waals surface area contributed by atoms with Crippen LogP contribution in [0.2, 0.25) is 0 Å². The van der Waals surface area contributed by atoms with Gasteiger partial charge in [-0.25, -0.2) is 0 Å². The number of Topliss-reactive ketones (excluding diaryl/α,β-unsaturated/α-hetero) is 1. The van der Waals surface area contributed by atoms with Crippen LogP contribution in [0.25, 0.3) is 17.0 Å². The Morgan fingerprint density at radius 1 is 0.829 bits per heavy atom. The zero-order chi connectivity index (χ0) is 28.8. The molecule has 2 aliphatic rings. The van der Waals surface area contributed by atoms with Crippen molar-refractivity contribution in [1.29, 1.82) is 0 Å². The lowest BCUT2D eigenvalue weighted by atomic mass is 9.85. The van der Waals surface area contributed by atoms with Gasteiger partial charge in [-0.15, -0.1) is 0 Å². The van der Waals surface area contributed by atoms with E-state index in [2.05, 4.69) is 0 Å². The van der Waals surface area contributed by atoms with E-state index in [1.54, 1.807) is 30.3 Å². The molecule has 208 valence electrons. The predicted molar refractivity (Wildman–Crippen MR) is 147 cm³/mol. The molecule has 3 aromatic carbocycles. The van der Waals surface area contributed by atoms with Crippen LogP contribution in [0, 0.1) is 0 Å². The van der Waals surface area contributed by atoms with E-state index < -0.39 is 11.9 Å². The number of fused-ring (bicyclic) bond motifs is 4. The molecule has 0 spiro atoms. The fraction of sp³-hybridized carbons (Fsp3) is 0.194. The molecule has 10 nitrogen and oxygen atoms in total. The molecular formula is C31H24O10. The first-order valence-corrected chi connectivity index (χ1v) is 12.6. The summed E-state index contributed by atoms with van der Waals surface area (Å²) in [5, 5.41) is 0.299. The Kier molecular flexibility index (Phi) is 6.37. The molecule has 0 amide bonds. The molecule has 1 aromatic heterocycles. The van der Waals surface area contributed by atoms with Gasteiger partial charge in [0.15, 0.2) is 22.7 Å². The van der Waals surface area contributed by atoms with Crippen molar-refractivity contribution in [2.45, 2.75) is 12.3 Å². The number of ether oxygens (including phenoxy) is 6. The summed E-state index contributed by atoms with van der Waals surface area (Å²) in [6, 6.07) is 11.3. The second kappa shape index (κ2) is 10.1. The fourth-order valence-electron chi connectivity index (χ4n) is 5.17. The molecule has 4 aromatic rings. The Labute approximate surface area is 233 Å². The Morgan fingerprint density at radius 2 is 1.59 bits per heavy atom. The SMILES string of the molecule is COc1ccc2occ([C@H]3CC(=O)Oc4ccc5c(c43)O/C(=C\c3cc(OC)c(OC)cc3OC)C5=O)c(=O)c2c1. The summed E-state index contributed by atoms with van der Waals surface area (Å²) in [6.45, 7) is 0. The van der Waals surface area contributed by atoms with Crippen LogP contribution in [-0.2, 0) is 4.79 Å². The third kappa shape index (κ3) is 4.24. The molecule has 0 bridgehead atoms. The highest BCUT2D eigenvalue weighted by Gasteiger charge is 2.40. The van der Waals surface area contributed by atoms with E-state index in [9.17, 15) is 14.4 Å². The number of carbonyl (C=O) groups is 2. The number of hydrogen-bond donors (Lipinski definition) is 0. The molecule has 0 fully saturated rings. The van der Waals surface area contributed by atoms with Crippen molar-refractivity contribution < 1.29 is 42.4 Å². The smallest absolute Gasteiger partial charge is 0.312 e. The number of ketones is 1. The summed E-state index contributed by atoms with van der Waals surface area (Å²) in [6.07, 6.45) is 2.73. The first kappa shape index (κ1) is 26.0. The molecule has 6 rings (SSSR count). The number of carbonyl (C=O) groups excluding carboxylic acids is 2. The normalized spacial score (nSPS) is 16.6. The minimum Gasteiger partial charge on any atom is -0.497 e. The van der Waals surface area contributed by atoms with Gasteiger partial charge in [0, 0.05) is 28.7 Å². The molecule has 0 radical (unpaired) electrons. The average Bonchev–Trinajstić information content (AvgIpc) is 3.31. The number of esters is 1. The molecule has 3 heterocycles. The zero-order valence-corrected chi connectivity index (χ0v) is 22.6. The van der Waals surface area contributed by atoms with Crippen molar-refractivity contribution in [2.24, 2.45) is 0 Å². The number of rotatable bonds is 6. The third-order valence-corrected chi connectivity index (χ3v) is 7.18. The van der Waals surface area contributed by atoms with Crippen molar-refractivity contribution in [1.82, 2.24) is 0 Å². The molecule has 0 aliphatic carbocycles. The monoisotopic (exact) mass is 556 g/mol. The molecule has 1 atom stereocenters. The van der Waals surface area contributed by atoms with Gasteiger partial charge in [-0.3, -0.25) is 14.4 Å². The Balaban J connectivity index is 1.48. The second-order valence-corrected chi connectivity index (χ2v) is 9.36. The van der Waals surface area contributed by atoms with Crippen molar-refractivity contribution in [3.63, 3.8) is 0 Å². The number of benzene rings is 3. The first-order valence-electron chi connectivity index (χ1n) is 12.6. The van der Waals surface area contributed by atoms with Crippen molar-refractivity contribution in [2.75, 3.05) is 28.4 Å². The maximum atomic E-state index is 13.6. The maximum Gasteiger partial charge on any atom is 0.312 e. The second-order valence-electron chi connectivity index (χ2n) is 9.36. The minimum atomic E-state index is -0.782. The quantitative estimate of drug-likeness (QED) is 0.185. The van der Waals surface area contributed by atoms with Gasteiger partial charge in [0.05, 0.1) is 52.1 Å². The number of methoxy groups -OCH3 is 4. The van der Waals surface area contributed by atoms with Crippen LogP contribution in [0.3, 0.4) is 0 Å². The van der Waals surface area contributed by atoms with E-state index in [1.165, 1.54) is 52.9 Å². The van der Waals surface area contributed by atoms with Crippen LogP contribution >= 0.6 is 0 Å². The van der Waals surface area contributed by atoms with Crippen molar-refractivity contribution >= 4 is 28.8 Å². The molecule has 10 heteroatoms. The average molecular weight is 557 g/mol. The molecular weight excluding hydrogens is 532 g/mol. The van der Waals surface area contributed by atoms with E-state index in [0.717, 1.165) is 0 Å². The number of allylic oxidation sites excluding steroid dienone is 1. The summed E-state index contributed by atoms with van der Waals surface area (Å²) in [5.74, 6) is 0.551. The Bertz CT molecular complexity index is 1830. The lowest BCUT2D eigenvalue weighted by Crippen LogP contribution is -2.25. The standard InChI is InChI=1S/C31H24O10/c1-35-16-5-7-21-19(11-16)29(33)20(14-39-21)18-12-27(32)40-22-8-6-17-30(34)26(41-31(17)28(18)22)10-15-9-24(37-3)25(38-4)13-23(15)36-2/h5-11,13-14,18H,12H2,1-4H3/b26-10-/t18-/m1/s1. The van der Waals surface area contributed by atoms with E-state index in [0.29, 0.717) is 45.1 Å². The topological polar surface area (TPSA) is 120 Å². The van der Waals surface area contributed by atoms with E-state index in [-0.39, 0.29) is 46.0 Å². The summed E-state index contributed by atoms with van der Waals surface area (Å²) in [4.78, 5) is 39.7.